The van der Waals surface area contributed by atoms with Crippen molar-refractivity contribution in [2.24, 2.45) is 0 Å². The summed E-state index contributed by atoms with van der Waals surface area (Å²) in [5.74, 6) is 1.89. The second-order valence-corrected chi connectivity index (χ2v) is 10.3. The summed E-state index contributed by atoms with van der Waals surface area (Å²) in [7, 11) is 0. The molecule has 3 nitrogen and oxygen atoms in total. The van der Waals surface area contributed by atoms with Gasteiger partial charge in [0.15, 0.2) is 17.5 Å². The molecule has 7 rings (SSSR count). The molecule has 0 aliphatic rings. The van der Waals surface area contributed by atoms with E-state index in [-0.39, 0.29) is 0 Å². The van der Waals surface area contributed by atoms with Gasteiger partial charge in [0.1, 0.15) is 0 Å². The van der Waals surface area contributed by atoms with Crippen LogP contribution >= 0.6 is 11.6 Å². The van der Waals surface area contributed by atoms with Crippen LogP contribution in [0.15, 0.2) is 146 Å². The summed E-state index contributed by atoms with van der Waals surface area (Å²) in [6, 6.07) is 49.4. The molecule has 0 aliphatic heterocycles. The number of halogens is 1. The molecule has 1 heterocycles. The number of hydrogen-bond donors (Lipinski definition) is 0. The molecule has 0 amide bonds. The second-order valence-electron chi connectivity index (χ2n) is 9.87. The SMILES string of the molecule is Clc1cccc(-c2cc(-c3nc(-c4ccccc4)nc(-c4cccc(-c5ccccc5)c4)n3)c3ccccc3c2)c1. The highest BCUT2D eigenvalue weighted by Crippen LogP contribution is 2.35. The van der Waals surface area contributed by atoms with Crippen LogP contribution in [0.2, 0.25) is 5.02 Å². The third kappa shape index (κ3) is 5.11. The van der Waals surface area contributed by atoms with Crippen molar-refractivity contribution in [3.63, 3.8) is 0 Å². The minimum absolute atomic E-state index is 0.624. The van der Waals surface area contributed by atoms with Crippen LogP contribution in [0.4, 0.5) is 0 Å². The lowest BCUT2D eigenvalue weighted by molar-refractivity contribution is 1.08. The minimum Gasteiger partial charge on any atom is -0.208 e. The highest BCUT2D eigenvalue weighted by Gasteiger charge is 2.16. The number of nitrogens with zero attached hydrogens (tertiary/aromatic N) is 3. The van der Waals surface area contributed by atoms with Gasteiger partial charge in [-0.25, -0.2) is 15.0 Å². The summed E-state index contributed by atoms with van der Waals surface area (Å²) >= 11 is 6.37. The van der Waals surface area contributed by atoms with Gasteiger partial charge in [0.2, 0.25) is 0 Å². The molecule has 194 valence electrons. The standard InChI is InChI=1S/C37H24ClN3/c38-32-19-10-17-28(23-32)31-22-29-15-7-8-20-33(29)34(24-31)37-40-35(26-13-5-2-6-14-26)39-36(41-37)30-18-9-16-27(21-30)25-11-3-1-4-12-25/h1-24H. The van der Waals surface area contributed by atoms with Crippen molar-refractivity contribution >= 4 is 22.4 Å². The lowest BCUT2D eigenvalue weighted by Gasteiger charge is -2.13. The van der Waals surface area contributed by atoms with Crippen LogP contribution in [0.1, 0.15) is 0 Å². The van der Waals surface area contributed by atoms with E-state index in [9.17, 15) is 0 Å². The number of fused-ring (bicyclic) bond motifs is 1. The van der Waals surface area contributed by atoms with Crippen molar-refractivity contribution in [2.45, 2.75) is 0 Å². The van der Waals surface area contributed by atoms with Crippen molar-refractivity contribution in [2.75, 3.05) is 0 Å². The summed E-state index contributed by atoms with van der Waals surface area (Å²) in [6.07, 6.45) is 0. The fourth-order valence-electron chi connectivity index (χ4n) is 5.14. The smallest absolute Gasteiger partial charge is 0.164 e. The minimum atomic E-state index is 0.624. The van der Waals surface area contributed by atoms with Crippen LogP contribution in [-0.4, -0.2) is 15.0 Å². The first kappa shape index (κ1) is 24.9. The maximum Gasteiger partial charge on any atom is 0.164 e. The van der Waals surface area contributed by atoms with E-state index in [4.69, 9.17) is 26.6 Å². The third-order valence-electron chi connectivity index (χ3n) is 7.16. The van der Waals surface area contributed by atoms with E-state index in [1.807, 2.05) is 54.6 Å². The zero-order chi connectivity index (χ0) is 27.6. The zero-order valence-electron chi connectivity index (χ0n) is 22.1. The molecule has 0 fully saturated rings. The molecule has 0 unspecified atom stereocenters. The summed E-state index contributed by atoms with van der Waals surface area (Å²) in [5.41, 5.74) is 7.16. The van der Waals surface area contributed by atoms with Gasteiger partial charge >= 0.3 is 0 Å². The average molecular weight is 546 g/mol. The van der Waals surface area contributed by atoms with Crippen molar-refractivity contribution in [3.8, 4) is 56.4 Å². The van der Waals surface area contributed by atoms with E-state index < -0.39 is 0 Å². The Kier molecular flexibility index (Phi) is 6.56. The molecule has 4 heteroatoms. The normalized spacial score (nSPS) is 11.0. The Morgan fingerprint density at radius 2 is 0.927 bits per heavy atom. The Balaban J connectivity index is 1.46. The zero-order valence-corrected chi connectivity index (χ0v) is 22.8. The Labute approximate surface area is 243 Å². The molecular formula is C37H24ClN3. The summed E-state index contributed by atoms with van der Waals surface area (Å²) < 4.78 is 0. The number of hydrogen-bond acceptors (Lipinski definition) is 3. The van der Waals surface area contributed by atoms with Crippen LogP contribution in [0, 0.1) is 0 Å². The van der Waals surface area contributed by atoms with Gasteiger partial charge in [-0.3, -0.25) is 0 Å². The summed E-state index contributed by atoms with van der Waals surface area (Å²) in [5, 5.41) is 2.88. The van der Waals surface area contributed by atoms with E-state index in [1.54, 1.807) is 0 Å². The molecule has 0 N–H and O–H groups in total. The van der Waals surface area contributed by atoms with Gasteiger partial charge in [0, 0.05) is 21.7 Å². The largest absolute Gasteiger partial charge is 0.208 e. The second kappa shape index (κ2) is 10.8. The van der Waals surface area contributed by atoms with Crippen molar-refractivity contribution in [1.29, 1.82) is 0 Å². The first-order valence-corrected chi connectivity index (χ1v) is 13.9. The maximum absolute atomic E-state index is 6.37. The molecule has 41 heavy (non-hydrogen) atoms. The van der Waals surface area contributed by atoms with Crippen LogP contribution in [-0.2, 0) is 0 Å². The molecule has 0 radical (unpaired) electrons. The number of aromatic nitrogens is 3. The first-order valence-electron chi connectivity index (χ1n) is 13.5. The van der Waals surface area contributed by atoms with Gasteiger partial charge in [0.25, 0.3) is 0 Å². The van der Waals surface area contributed by atoms with Crippen LogP contribution < -0.4 is 0 Å². The highest BCUT2D eigenvalue weighted by atomic mass is 35.5. The topological polar surface area (TPSA) is 38.7 Å². The van der Waals surface area contributed by atoms with Crippen LogP contribution in [0.5, 0.6) is 0 Å². The van der Waals surface area contributed by atoms with Gasteiger partial charge in [0.05, 0.1) is 0 Å². The van der Waals surface area contributed by atoms with Gasteiger partial charge in [-0.2, -0.15) is 0 Å². The lowest BCUT2D eigenvalue weighted by Crippen LogP contribution is -2.01. The Bertz CT molecular complexity index is 2000. The fourth-order valence-corrected chi connectivity index (χ4v) is 5.33. The predicted octanol–water partition coefficient (Wildman–Crippen LogP) is 10.0. The van der Waals surface area contributed by atoms with E-state index in [0.717, 1.165) is 49.7 Å². The van der Waals surface area contributed by atoms with Crippen molar-refractivity contribution in [3.05, 3.63) is 151 Å². The highest BCUT2D eigenvalue weighted by molar-refractivity contribution is 6.30. The molecule has 0 aliphatic carbocycles. The average Bonchev–Trinajstić information content (AvgIpc) is 3.05. The molecule has 7 aromatic rings. The molecule has 0 bridgehead atoms. The molecule has 0 atom stereocenters. The maximum atomic E-state index is 6.37. The van der Waals surface area contributed by atoms with Crippen molar-refractivity contribution < 1.29 is 0 Å². The quantitative estimate of drug-likeness (QED) is 0.216. The van der Waals surface area contributed by atoms with E-state index in [1.165, 1.54) is 0 Å². The summed E-state index contributed by atoms with van der Waals surface area (Å²) in [4.78, 5) is 15.1. The van der Waals surface area contributed by atoms with Gasteiger partial charge in [-0.1, -0.05) is 127 Å². The molecule has 0 spiro atoms. The van der Waals surface area contributed by atoms with Crippen LogP contribution in [0.3, 0.4) is 0 Å². The van der Waals surface area contributed by atoms with E-state index in [0.29, 0.717) is 22.5 Å². The number of rotatable bonds is 5. The van der Waals surface area contributed by atoms with Crippen LogP contribution in [0.25, 0.3) is 67.2 Å². The molecular weight excluding hydrogens is 522 g/mol. The molecule has 0 saturated heterocycles. The third-order valence-corrected chi connectivity index (χ3v) is 7.39. The monoisotopic (exact) mass is 545 g/mol. The predicted molar refractivity (Wildman–Crippen MR) is 170 cm³/mol. The Morgan fingerprint density at radius 1 is 0.366 bits per heavy atom. The lowest BCUT2D eigenvalue weighted by atomic mass is 9.96. The Morgan fingerprint density at radius 3 is 1.68 bits per heavy atom. The molecule has 1 aromatic heterocycles. The van der Waals surface area contributed by atoms with Gasteiger partial charge < -0.3 is 0 Å². The van der Waals surface area contributed by atoms with E-state index in [2.05, 4.69) is 91.0 Å². The van der Waals surface area contributed by atoms with Gasteiger partial charge in [-0.15, -0.1) is 0 Å². The van der Waals surface area contributed by atoms with Gasteiger partial charge in [-0.05, 0) is 63.4 Å². The Hall–Kier alpha value is -5.12. The molecule has 6 aromatic carbocycles. The fraction of sp³-hybridized carbons (Fsp3) is 0. The van der Waals surface area contributed by atoms with Crippen molar-refractivity contribution in [1.82, 2.24) is 15.0 Å². The molecule has 0 saturated carbocycles. The summed E-state index contributed by atoms with van der Waals surface area (Å²) in [6.45, 7) is 0. The first-order chi connectivity index (χ1) is 20.2. The number of benzene rings is 6. The van der Waals surface area contributed by atoms with E-state index >= 15 is 0 Å².